The molecular formula is C24H23F3N8O3. The molecule has 1 amide bonds. The van der Waals surface area contributed by atoms with Crippen LogP contribution >= 0.6 is 0 Å². The number of alkyl halides is 3. The van der Waals surface area contributed by atoms with E-state index in [2.05, 4.69) is 25.3 Å². The summed E-state index contributed by atoms with van der Waals surface area (Å²) in [6.07, 6.45) is 1.03. The van der Waals surface area contributed by atoms with Gasteiger partial charge in [0.05, 0.1) is 24.7 Å². The number of aryl methyl sites for hydroxylation is 1. The maximum absolute atomic E-state index is 13.4. The number of aromatic nitrogens is 5. The molecule has 3 aromatic rings. The Morgan fingerprint density at radius 2 is 1.97 bits per heavy atom. The van der Waals surface area contributed by atoms with Gasteiger partial charge >= 0.3 is 6.18 Å². The van der Waals surface area contributed by atoms with E-state index in [-0.39, 0.29) is 17.5 Å². The first-order valence-electron chi connectivity index (χ1n) is 12.0. The summed E-state index contributed by atoms with van der Waals surface area (Å²) in [6, 6.07) is 3.35. The summed E-state index contributed by atoms with van der Waals surface area (Å²) in [5, 5.41) is 3.23. The van der Waals surface area contributed by atoms with Gasteiger partial charge in [0.25, 0.3) is 5.91 Å². The topological polar surface area (TPSA) is 118 Å². The Morgan fingerprint density at radius 1 is 1.16 bits per heavy atom. The molecule has 0 aliphatic carbocycles. The molecule has 198 valence electrons. The normalized spacial score (nSPS) is 20.6. The number of rotatable bonds is 5. The number of likely N-dealkylation sites (N-methyl/N-ethyl adjacent to an activating group) is 1. The minimum atomic E-state index is -4.62. The summed E-state index contributed by atoms with van der Waals surface area (Å²) in [4.78, 5) is 37.3. The molecular weight excluding hydrogens is 505 g/mol. The highest BCUT2D eigenvalue weighted by Gasteiger charge is 2.54. The third kappa shape index (κ3) is 4.14. The fraction of sp³-hybridized carbons (Fsp3) is 0.417. The van der Waals surface area contributed by atoms with Crippen molar-refractivity contribution in [2.24, 2.45) is 0 Å². The summed E-state index contributed by atoms with van der Waals surface area (Å²) in [6.45, 7) is 1.87. The Balaban J connectivity index is 1.16. The van der Waals surface area contributed by atoms with E-state index >= 15 is 0 Å². The zero-order chi connectivity index (χ0) is 26.5. The lowest BCUT2D eigenvalue weighted by Gasteiger charge is -2.47. The lowest BCUT2D eigenvalue weighted by Crippen LogP contribution is -2.64. The molecule has 1 atom stereocenters. The number of hydrogen-bond acceptors (Lipinski definition) is 10. The minimum absolute atomic E-state index is 0.0369. The molecule has 0 bridgehead atoms. The number of nitrogens with zero attached hydrogens (tertiary/aromatic N) is 7. The molecule has 1 N–H and O–H groups in total. The Hall–Kier alpha value is -4.07. The standard InChI is InChI=1S/C24H23F3N8O3/c1-34-19-18-16(3-2-7-35(18)21(36)23(34)6-8-37-13-23)32-22(33-19)31-10-14-4-5-17(28-9-14)38-15-11-29-20(30-12-15)24(25,26)27/h4-5,9,11-12H,2-3,6-8,10,13H2,1H3,(H,31,32,33)/t23-/m0/s1. The van der Waals surface area contributed by atoms with Crippen molar-refractivity contribution in [3.8, 4) is 11.6 Å². The number of anilines is 3. The quantitative estimate of drug-likeness (QED) is 0.530. The van der Waals surface area contributed by atoms with Gasteiger partial charge in [0.15, 0.2) is 11.6 Å². The highest BCUT2D eigenvalue weighted by Crippen LogP contribution is 2.45. The van der Waals surface area contributed by atoms with E-state index in [0.717, 1.165) is 42.2 Å². The van der Waals surface area contributed by atoms with E-state index in [4.69, 9.17) is 14.5 Å². The maximum atomic E-state index is 13.4. The molecule has 1 spiro atoms. The van der Waals surface area contributed by atoms with Gasteiger partial charge in [0.2, 0.25) is 17.7 Å². The SMILES string of the molecule is CN1c2nc(NCc3ccc(Oc4cnc(C(F)(F)F)nc4)nc3)nc3c2N(CCC3)C(=O)[C@@]12CCOC2. The van der Waals surface area contributed by atoms with Crippen LogP contribution in [0.1, 0.15) is 29.9 Å². The predicted molar refractivity (Wildman–Crippen MR) is 128 cm³/mol. The van der Waals surface area contributed by atoms with Gasteiger partial charge in [-0.15, -0.1) is 0 Å². The second-order valence-electron chi connectivity index (χ2n) is 9.32. The van der Waals surface area contributed by atoms with Crippen LogP contribution in [0.5, 0.6) is 11.6 Å². The summed E-state index contributed by atoms with van der Waals surface area (Å²) in [5.41, 5.74) is 1.67. The van der Waals surface area contributed by atoms with E-state index in [1.807, 2.05) is 16.8 Å². The Morgan fingerprint density at radius 3 is 2.66 bits per heavy atom. The summed E-state index contributed by atoms with van der Waals surface area (Å²) in [7, 11) is 1.88. The zero-order valence-corrected chi connectivity index (χ0v) is 20.3. The minimum Gasteiger partial charge on any atom is -0.436 e. The smallest absolute Gasteiger partial charge is 0.436 e. The Labute approximate surface area is 215 Å². The lowest BCUT2D eigenvalue weighted by atomic mass is 9.89. The fourth-order valence-electron chi connectivity index (χ4n) is 4.95. The molecule has 0 unspecified atom stereocenters. The van der Waals surface area contributed by atoms with Crippen LogP contribution in [0.3, 0.4) is 0 Å². The first-order valence-corrected chi connectivity index (χ1v) is 12.0. The van der Waals surface area contributed by atoms with Gasteiger partial charge in [-0.25, -0.2) is 19.9 Å². The fourth-order valence-corrected chi connectivity index (χ4v) is 4.95. The summed E-state index contributed by atoms with van der Waals surface area (Å²) in [5.74, 6) is 0.180. The van der Waals surface area contributed by atoms with Gasteiger partial charge in [-0.3, -0.25) is 4.79 Å². The van der Waals surface area contributed by atoms with Crippen molar-refractivity contribution in [3.63, 3.8) is 0 Å². The van der Waals surface area contributed by atoms with Crippen LogP contribution < -0.4 is 19.9 Å². The molecule has 3 aliphatic rings. The van der Waals surface area contributed by atoms with E-state index in [1.165, 1.54) is 0 Å². The van der Waals surface area contributed by atoms with Gasteiger partial charge in [-0.2, -0.15) is 18.2 Å². The number of ether oxygens (including phenoxy) is 2. The van der Waals surface area contributed by atoms with Gasteiger partial charge in [0, 0.05) is 45.4 Å². The van der Waals surface area contributed by atoms with Crippen molar-refractivity contribution in [1.29, 1.82) is 0 Å². The molecule has 3 aromatic heterocycles. The second-order valence-corrected chi connectivity index (χ2v) is 9.32. The molecule has 0 saturated carbocycles. The van der Waals surface area contributed by atoms with Crippen molar-refractivity contribution < 1.29 is 27.4 Å². The van der Waals surface area contributed by atoms with Crippen molar-refractivity contribution >= 4 is 23.4 Å². The van der Waals surface area contributed by atoms with Gasteiger partial charge in [0.1, 0.15) is 11.2 Å². The van der Waals surface area contributed by atoms with Crippen LogP contribution in [-0.4, -0.2) is 63.2 Å². The van der Waals surface area contributed by atoms with Crippen molar-refractivity contribution in [3.05, 3.63) is 47.8 Å². The highest BCUT2D eigenvalue weighted by molar-refractivity contribution is 6.09. The summed E-state index contributed by atoms with van der Waals surface area (Å²) >= 11 is 0. The zero-order valence-electron chi connectivity index (χ0n) is 20.3. The van der Waals surface area contributed by atoms with Crippen molar-refractivity contribution in [2.45, 2.75) is 37.5 Å². The molecule has 6 rings (SSSR count). The molecule has 1 saturated heterocycles. The average Bonchev–Trinajstić information content (AvgIpc) is 3.41. The van der Waals surface area contributed by atoms with Crippen LogP contribution in [0, 0.1) is 0 Å². The molecule has 14 heteroatoms. The number of carbonyl (C=O) groups is 1. The van der Waals surface area contributed by atoms with E-state index in [0.29, 0.717) is 44.5 Å². The third-order valence-electron chi connectivity index (χ3n) is 6.96. The predicted octanol–water partition coefficient (Wildman–Crippen LogP) is 2.97. The lowest BCUT2D eigenvalue weighted by molar-refractivity contribution is -0.145. The molecule has 6 heterocycles. The largest absolute Gasteiger partial charge is 0.451 e. The van der Waals surface area contributed by atoms with Crippen LogP contribution in [0.4, 0.5) is 30.6 Å². The number of amides is 1. The highest BCUT2D eigenvalue weighted by atomic mass is 19.4. The van der Waals surface area contributed by atoms with E-state index in [1.54, 1.807) is 18.3 Å². The van der Waals surface area contributed by atoms with Crippen LogP contribution in [0.15, 0.2) is 30.7 Å². The van der Waals surface area contributed by atoms with Gasteiger partial charge < -0.3 is 24.6 Å². The first-order chi connectivity index (χ1) is 18.2. The number of pyridine rings is 1. The van der Waals surface area contributed by atoms with Crippen LogP contribution in [-0.2, 0) is 28.7 Å². The number of halogens is 3. The number of nitrogens with one attached hydrogen (secondary N) is 1. The first kappa shape index (κ1) is 24.3. The molecule has 38 heavy (non-hydrogen) atoms. The molecule has 1 fully saturated rings. The number of hydrogen-bond donors (Lipinski definition) is 1. The average molecular weight is 528 g/mol. The Bertz CT molecular complexity index is 1360. The summed E-state index contributed by atoms with van der Waals surface area (Å²) < 4.78 is 48.9. The van der Waals surface area contributed by atoms with Gasteiger partial charge in [-0.1, -0.05) is 6.07 Å². The molecule has 0 radical (unpaired) electrons. The van der Waals surface area contributed by atoms with E-state index in [9.17, 15) is 18.0 Å². The second kappa shape index (κ2) is 9.04. The van der Waals surface area contributed by atoms with Crippen LogP contribution in [0.25, 0.3) is 0 Å². The Kier molecular flexibility index (Phi) is 5.78. The van der Waals surface area contributed by atoms with E-state index < -0.39 is 17.5 Å². The molecule has 11 nitrogen and oxygen atoms in total. The van der Waals surface area contributed by atoms with Crippen molar-refractivity contribution in [1.82, 2.24) is 24.9 Å². The molecule has 0 aromatic carbocycles. The molecule has 3 aliphatic heterocycles. The number of carbonyl (C=O) groups excluding carboxylic acids is 1. The van der Waals surface area contributed by atoms with Gasteiger partial charge in [-0.05, 0) is 18.4 Å². The maximum Gasteiger partial charge on any atom is 0.451 e. The third-order valence-corrected chi connectivity index (χ3v) is 6.96. The monoisotopic (exact) mass is 528 g/mol. The van der Waals surface area contributed by atoms with Crippen molar-refractivity contribution in [2.75, 3.05) is 41.9 Å². The van der Waals surface area contributed by atoms with Crippen LogP contribution in [0.2, 0.25) is 0 Å².